The van der Waals surface area contributed by atoms with Crippen molar-refractivity contribution in [2.24, 2.45) is 0 Å². The molecule has 0 heterocycles. The Morgan fingerprint density at radius 2 is 2.00 bits per heavy atom. The van der Waals surface area contributed by atoms with E-state index >= 15 is 0 Å². The Kier molecular flexibility index (Phi) is 6.53. The molecular weight excluding hydrogens is 315 g/mol. The Bertz CT molecular complexity index is 572. The van der Waals surface area contributed by atoms with Crippen LogP contribution >= 0.6 is 0 Å². The number of halogens is 3. The molecule has 5 nitrogen and oxygen atoms in total. The lowest BCUT2D eigenvalue weighted by atomic mass is 9.92. The minimum Gasteiger partial charge on any atom is -0.466 e. The maximum Gasteiger partial charge on any atom is 0.423 e. The fourth-order valence-electron chi connectivity index (χ4n) is 2.23. The van der Waals surface area contributed by atoms with Gasteiger partial charge in [0.15, 0.2) is 0 Å². The number of hydrogen-bond donors (Lipinski definition) is 0. The van der Waals surface area contributed by atoms with Crippen molar-refractivity contribution < 1.29 is 27.6 Å². The van der Waals surface area contributed by atoms with Gasteiger partial charge in [0.25, 0.3) is 5.69 Å². The van der Waals surface area contributed by atoms with Gasteiger partial charge in [-0.2, -0.15) is 13.2 Å². The average molecular weight is 333 g/mol. The molecule has 1 rings (SSSR count). The van der Waals surface area contributed by atoms with Crippen molar-refractivity contribution in [1.29, 1.82) is 0 Å². The van der Waals surface area contributed by atoms with E-state index in [0.717, 1.165) is 12.5 Å². The van der Waals surface area contributed by atoms with Crippen LogP contribution < -0.4 is 0 Å². The molecule has 0 aliphatic heterocycles. The second-order valence-corrected chi connectivity index (χ2v) is 4.98. The molecule has 0 saturated heterocycles. The third-order valence-corrected chi connectivity index (χ3v) is 3.34. The Morgan fingerprint density at radius 1 is 1.35 bits per heavy atom. The van der Waals surface area contributed by atoms with Gasteiger partial charge in [-0.3, -0.25) is 14.9 Å². The summed E-state index contributed by atoms with van der Waals surface area (Å²) in [7, 11) is 0. The van der Waals surface area contributed by atoms with Crippen LogP contribution in [0.15, 0.2) is 18.2 Å². The van der Waals surface area contributed by atoms with E-state index in [0.29, 0.717) is 18.9 Å². The highest BCUT2D eigenvalue weighted by Crippen LogP contribution is 2.38. The zero-order valence-corrected chi connectivity index (χ0v) is 12.9. The van der Waals surface area contributed by atoms with Crippen LogP contribution in [0, 0.1) is 10.1 Å². The van der Waals surface area contributed by atoms with Gasteiger partial charge < -0.3 is 4.74 Å². The van der Waals surface area contributed by atoms with Crippen LogP contribution in [0.3, 0.4) is 0 Å². The lowest BCUT2D eigenvalue weighted by molar-refractivity contribution is -0.388. The maximum absolute atomic E-state index is 13.0. The lowest BCUT2D eigenvalue weighted by Gasteiger charge is -2.17. The first-order valence-corrected chi connectivity index (χ1v) is 7.24. The smallest absolute Gasteiger partial charge is 0.423 e. The van der Waals surface area contributed by atoms with Crippen LogP contribution in [0.25, 0.3) is 0 Å². The minimum atomic E-state index is -4.87. The molecule has 1 atom stereocenters. The van der Waals surface area contributed by atoms with E-state index in [9.17, 15) is 28.1 Å². The zero-order chi connectivity index (χ0) is 17.6. The third-order valence-electron chi connectivity index (χ3n) is 3.34. The molecule has 1 unspecified atom stereocenters. The summed E-state index contributed by atoms with van der Waals surface area (Å²) in [6.07, 6.45) is -3.16. The molecule has 8 heteroatoms. The van der Waals surface area contributed by atoms with Gasteiger partial charge in [0.2, 0.25) is 0 Å². The topological polar surface area (TPSA) is 69.4 Å². The normalized spacial score (nSPS) is 12.7. The number of carbonyl (C=O) groups is 1. The van der Waals surface area contributed by atoms with Crippen LogP contribution in [-0.2, 0) is 15.7 Å². The first-order valence-electron chi connectivity index (χ1n) is 7.24. The van der Waals surface area contributed by atoms with Gasteiger partial charge in [0.05, 0.1) is 17.4 Å². The van der Waals surface area contributed by atoms with Crippen LogP contribution in [0.1, 0.15) is 50.2 Å². The molecule has 128 valence electrons. The van der Waals surface area contributed by atoms with E-state index < -0.39 is 34.2 Å². The largest absolute Gasteiger partial charge is 0.466 e. The number of unbranched alkanes of at least 4 members (excludes halogenated alkanes) is 1. The lowest BCUT2D eigenvalue weighted by Crippen LogP contribution is -2.18. The molecule has 0 aliphatic rings. The van der Waals surface area contributed by atoms with Gasteiger partial charge in [0, 0.05) is 6.07 Å². The molecule has 0 aromatic heterocycles. The number of rotatable bonds is 7. The predicted molar refractivity (Wildman–Crippen MR) is 77.0 cm³/mol. The van der Waals surface area contributed by atoms with Crippen molar-refractivity contribution in [2.45, 2.75) is 45.2 Å². The fourth-order valence-corrected chi connectivity index (χ4v) is 2.23. The highest BCUT2D eigenvalue weighted by molar-refractivity contribution is 5.78. The Labute approximate surface area is 131 Å². The van der Waals surface area contributed by atoms with Crippen LogP contribution in [0.4, 0.5) is 18.9 Å². The predicted octanol–water partition coefficient (Wildman–Crippen LogP) is 4.45. The van der Waals surface area contributed by atoms with Crippen molar-refractivity contribution in [3.05, 3.63) is 39.4 Å². The summed E-state index contributed by atoms with van der Waals surface area (Å²) < 4.78 is 44.0. The first kappa shape index (κ1) is 18.9. The fraction of sp³-hybridized carbons (Fsp3) is 0.533. The zero-order valence-electron chi connectivity index (χ0n) is 12.9. The highest BCUT2D eigenvalue weighted by atomic mass is 19.4. The van der Waals surface area contributed by atoms with E-state index in [2.05, 4.69) is 0 Å². The number of hydrogen-bond acceptors (Lipinski definition) is 4. The molecule has 1 aromatic rings. The third kappa shape index (κ3) is 4.94. The summed E-state index contributed by atoms with van der Waals surface area (Å²) in [4.78, 5) is 21.7. The van der Waals surface area contributed by atoms with Crippen LogP contribution in [0.2, 0.25) is 0 Å². The molecule has 0 saturated carbocycles. The molecule has 0 radical (unpaired) electrons. The Hall–Kier alpha value is -2.12. The van der Waals surface area contributed by atoms with E-state index in [4.69, 9.17) is 4.74 Å². The van der Waals surface area contributed by atoms with Crippen molar-refractivity contribution in [3.8, 4) is 0 Å². The number of carbonyl (C=O) groups excluding carboxylic acids is 1. The van der Waals surface area contributed by atoms with Crippen molar-refractivity contribution in [3.63, 3.8) is 0 Å². The number of nitrogens with zero attached hydrogens (tertiary/aromatic N) is 1. The summed E-state index contributed by atoms with van der Waals surface area (Å²) >= 11 is 0. The van der Waals surface area contributed by atoms with E-state index in [1.807, 2.05) is 6.92 Å². The summed E-state index contributed by atoms with van der Waals surface area (Å²) in [5, 5.41) is 10.8. The Balaban J connectivity index is 3.31. The molecule has 0 spiro atoms. The maximum atomic E-state index is 13.0. The van der Waals surface area contributed by atoms with E-state index in [-0.39, 0.29) is 12.2 Å². The Morgan fingerprint density at radius 3 is 2.48 bits per heavy atom. The second-order valence-electron chi connectivity index (χ2n) is 4.98. The van der Waals surface area contributed by atoms with Crippen molar-refractivity contribution in [2.75, 3.05) is 6.61 Å². The number of ether oxygens (including phenoxy) is 1. The SMILES string of the molecule is CCCCC(C(=O)OCC)c1ccc([N+](=O)[O-])c(C(F)(F)F)c1. The number of esters is 1. The number of nitro groups is 1. The van der Waals surface area contributed by atoms with Gasteiger partial charge >= 0.3 is 12.1 Å². The summed E-state index contributed by atoms with van der Waals surface area (Å²) in [6.45, 7) is 3.60. The summed E-state index contributed by atoms with van der Waals surface area (Å²) in [5.41, 5.74) is -2.31. The van der Waals surface area contributed by atoms with Gasteiger partial charge in [-0.25, -0.2) is 0 Å². The number of nitro benzene ring substituents is 1. The van der Waals surface area contributed by atoms with Gasteiger partial charge in [-0.1, -0.05) is 25.8 Å². The van der Waals surface area contributed by atoms with Crippen LogP contribution in [0.5, 0.6) is 0 Å². The molecule has 1 aromatic carbocycles. The monoisotopic (exact) mass is 333 g/mol. The second kappa shape index (κ2) is 7.94. The van der Waals surface area contributed by atoms with Gasteiger partial charge in [-0.05, 0) is 25.0 Å². The van der Waals surface area contributed by atoms with Gasteiger partial charge in [0.1, 0.15) is 5.56 Å². The van der Waals surface area contributed by atoms with Crippen LogP contribution in [-0.4, -0.2) is 17.5 Å². The number of alkyl halides is 3. The minimum absolute atomic E-state index is 0.0785. The average Bonchev–Trinajstić information content (AvgIpc) is 2.46. The molecule has 0 aliphatic carbocycles. The molecule has 0 bridgehead atoms. The molecule has 23 heavy (non-hydrogen) atoms. The quantitative estimate of drug-likeness (QED) is 0.420. The standard InChI is InChI=1S/C15H18F3NO4/c1-3-5-6-11(14(20)23-4-2)10-7-8-13(19(21)22)12(9-10)15(16,17)18/h7-9,11H,3-6H2,1-2H3. The van der Waals surface area contributed by atoms with Crippen molar-refractivity contribution in [1.82, 2.24) is 0 Å². The van der Waals surface area contributed by atoms with Gasteiger partial charge in [-0.15, -0.1) is 0 Å². The molecule has 0 N–H and O–H groups in total. The summed E-state index contributed by atoms with van der Waals surface area (Å²) in [5.74, 6) is -1.49. The molecule has 0 amide bonds. The van der Waals surface area contributed by atoms with Crippen molar-refractivity contribution >= 4 is 11.7 Å². The van der Waals surface area contributed by atoms with E-state index in [1.165, 1.54) is 6.07 Å². The highest BCUT2D eigenvalue weighted by Gasteiger charge is 2.39. The molecular formula is C15H18F3NO4. The number of benzene rings is 1. The first-order chi connectivity index (χ1) is 10.7. The molecule has 0 fully saturated rings. The summed E-state index contributed by atoms with van der Waals surface area (Å²) in [6, 6.07) is 2.65. The van der Waals surface area contributed by atoms with E-state index in [1.54, 1.807) is 6.92 Å².